The topological polar surface area (TPSA) is 55.1 Å². The Balaban J connectivity index is 1.44. The molecule has 1 aliphatic rings. The van der Waals surface area contributed by atoms with Crippen LogP contribution >= 0.6 is 11.8 Å². The van der Waals surface area contributed by atoms with E-state index in [1.165, 1.54) is 0 Å². The second kappa shape index (κ2) is 6.26. The van der Waals surface area contributed by atoms with E-state index in [1.54, 1.807) is 18.6 Å². The number of fused-ring (bicyclic) bond motifs is 1. The first-order chi connectivity index (χ1) is 11.4. The Morgan fingerprint density at radius 1 is 1.13 bits per heavy atom. The highest BCUT2D eigenvalue weighted by molar-refractivity contribution is 7.99. The molecule has 1 aromatic carbocycles. The van der Waals surface area contributed by atoms with E-state index in [0.717, 1.165) is 40.0 Å². The lowest BCUT2D eigenvalue weighted by atomic mass is 10.1. The maximum atomic E-state index is 4.66. The maximum Gasteiger partial charge on any atom is 0.168 e. The van der Waals surface area contributed by atoms with Crippen LogP contribution in [0.5, 0.6) is 0 Å². The zero-order valence-electron chi connectivity index (χ0n) is 12.4. The van der Waals surface area contributed by atoms with Gasteiger partial charge in [0.25, 0.3) is 0 Å². The zero-order chi connectivity index (χ0) is 15.5. The molecule has 0 fully saturated rings. The van der Waals surface area contributed by atoms with Gasteiger partial charge in [0.2, 0.25) is 0 Å². The third-order valence-corrected chi connectivity index (χ3v) is 4.57. The fourth-order valence-corrected chi connectivity index (χ4v) is 3.34. The zero-order valence-corrected chi connectivity index (χ0v) is 13.2. The summed E-state index contributed by atoms with van der Waals surface area (Å²) in [6.45, 7) is 1.05. The van der Waals surface area contributed by atoms with Crippen molar-refractivity contribution in [2.24, 2.45) is 5.10 Å². The summed E-state index contributed by atoms with van der Waals surface area (Å²) in [5, 5.41) is 5.34. The molecule has 0 spiro atoms. The van der Waals surface area contributed by atoms with Crippen LogP contribution in [0.2, 0.25) is 0 Å². The number of aryl methyl sites for hydroxylation is 1. The number of anilines is 1. The number of nitrogens with zero attached hydrogens (tertiary/aromatic N) is 4. The summed E-state index contributed by atoms with van der Waals surface area (Å²) in [6, 6.07) is 12.0. The number of benzene rings is 1. The molecule has 0 unspecified atom stereocenters. The summed E-state index contributed by atoms with van der Waals surface area (Å²) >= 11 is 1.81. The van der Waals surface area contributed by atoms with Crippen molar-refractivity contribution in [1.29, 1.82) is 0 Å². The van der Waals surface area contributed by atoms with Gasteiger partial charge in [-0.3, -0.25) is 10.4 Å². The fourth-order valence-electron chi connectivity index (χ4n) is 2.40. The SMILES string of the molecule is C(=N\Nc1ccc(-c2cn3c(n2)SCC3)cc1)/c1ccncc1. The molecule has 1 N–H and O–H groups in total. The molecule has 5 nitrogen and oxygen atoms in total. The normalized spacial score (nSPS) is 13.4. The lowest BCUT2D eigenvalue weighted by molar-refractivity contribution is 0.719. The molecule has 1 aliphatic heterocycles. The van der Waals surface area contributed by atoms with Crippen LogP contribution in [-0.4, -0.2) is 26.5 Å². The van der Waals surface area contributed by atoms with Crippen LogP contribution in [0.4, 0.5) is 5.69 Å². The highest BCUT2D eigenvalue weighted by Gasteiger charge is 2.14. The van der Waals surface area contributed by atoms with Gasteiger partial charge < -0.3 is 4.57 Å². The molecular weight excluding hydrogens is 306 g/mol. The van der Waals surface area contributed by atoms with E-state index in [-0.39, 0.29) is 0 Å². The first kappa shape index (κ1) is 14.0. The van der Waals surface area contributed by atoms with E-state index in [4.69, 9.17) is 0 Å². The molecule has 0 saturated heterocycles. The molecule has 3 heterocycles. The number of hydrogen-bond donors (Lipinski definition) is 1. The first-order valence-electron chi connectivity index (χ1n) is 7.38. The number of pyridine rings is 1. The minimum absolute atomic E-state index is 0.945. The minimum Gasteiger partial charge on any atom is -0.325 e. The van der Waals surface area contributed by atoms with E-state index in [2.05, 4.69) is 43.4 Å². The van der Waals surface area contributed by atoms with E-state index in [9.17, 15) is 0 Å². The quantitative estimate of drug-likeness (QED) is 0.590. The van der Waals surface area contributed by atoms with Gasteiger partial charge in [-0.05, 0) is 29.8 Å². The van der Waals surface area contributed by atoms with Crippen molar-refractivity contribution in [3.05, 3.63) is 60.6 Å². The molecule has 6 heteroatoms. The molecule has 3 aromatic rings. The summed E-state index contributed by atoms with van der Waals surface area (Å²) in [5.41, 5.74) is 7.13. The van der Waals surface area contributed by atoms with Gasteiger partial charge in [0, 0.05) is 36.5 Å². The number of aromatic nitrogens is 3. The summed E-state index contributed by atoms with van der Waals surface area (Å²) < 4.78 is 2.21. The smallest absolute Gasteiger partial charge is 0.168 e. The molecule has 0 bridgehead atoms. The van der Waals surface area contributed by atoms with E-state index < -0.39 is 0 Å². The van der Waals surface area contributed by atoms with Gasteiger partial charge in [0.15, 0.2) is 5.16 Å². The molecule has 0 amide bonds. The third kappa shape index (κ3) is 3.12. The Morgan fingerprint density at radius 2 is 1.96 bits per heavy atom. The van der Waals surface area contributed by atoms with Crippen molar-refractivity contribution in [2.45, 2.75) is 11.7 Å². The summed E-state index contributed by atoms with van der Waals surface area (Å²) in [6.07, 6.45) is 7.39. The summed E-state index contributed by atoms with van der Waals surface area (Å²) in [7, 11) is 0. The van der Waals surface area contributed by atoms with E-state index in [0.29, 0.717) is 0 Å². The maximum absolute atomic E-state index is 4.66. The number of hydrogen-bond acceptors (Lipinski definition) is 5. The Bertz CT molecular complexity index is 802. The molecule has 0 aliphatic carbocycles. The van der Waals surface area contributed by atoms with Crippen LogP contribution in [-0.2, 0) is 6.54 Å². The van der Waals surface area contributed by atoms with Crippen molar-refractivity contribution in [2.75, 3.05) is 11.2 Å². The highest BCUT2D eigenvalue weighted by atomic mass is 32.2. The van der Waals surface area contributed by atoms with Crippen LogP contribution < -0.4 is 5.43 Å². The lowest BCUT2D eigenvalue weighted by Crippen LogP contribution is -1.91. The van der Waals surface area contributed by atoms with Crippen LogP contribution in [0.3, 0.4) is 0 Å². The number of hydrazone groups is 1. The van der Waals surface area contributed by atoms with E-state index in [1.807, 2.05) is 36.0 Å². The van der Waals surface area contributed by atoms with Gasteiger partial charge in [-0.25, -0.2) is 4.98 Å². The van der Waals surface area contributed by atoms with Crippen LogP contribution in [0.15, 0.2) is 65.2 Å². The molecule has 0 atom stereocenters. The number of thioether (sulfide) groups is 1. The Hall–Kier alpha value is -2.60. The number of imidazole rings is 1. The highest BCUT2D eigenvalue weighted by Crippen LogP contribution is 2.29. The average molecular weight is 321 g/mol. The van der Waals surface area contributed by atoms with Crippen molar-refractivity contribution >= 4 is 23.7 Å². The van der Waals surface area contributed by atoms with Crippen molar-refractivity contribution < 1.29 is 0 Å². The van der Waals surface area contributed by atoms with Crippen LogP contribution in [0.25, 0.3) is 11.3 Å². The van der Waals surface area contributed by atoms with Crippen LogP contribution in [0.1, 0.15) is 5.56 Å². The molecule has 0 saturated carbocycles. The van der Waals surface area contributed by atoms with Crippen molar-refractivity contribution in [1.82, 2.24) is 14.5 Å². The molecule has 23 heavy (non-hydrogen) atoms. The number of nitrogens with one attached hydrogen (secondary N) is 1. The van der Waals surface area contributed by atoms with Gasteiger partial charge in [-0.1, -0.05) is 23.9 Å². The minimum atomic E-state index is 0.945. The second-order valence-electron chi connectivity index (χ2n) is 5.18. The van der Waals surface area contributed by atoms with Gasteiger partial charge in [0.05, 0.1) is 17.6 Å². The lowest BCUT2D eigenvalue weighted by Gasteiger charge is -2.02. The Morgan fingerprint density at radius 3 is 2.74 bits per heavy atom. The Kier molecular flexibility index (Phi) is 3.81. The largest absolute Gasteiger partial charge is 0.325 e. The van der Waals surface area contributed by atoms with Crippen LogP contribution in [0, 0.1) is 0 Å². The standard InChI is InChI=1S/C17H15N5S/c1-3-15(21-19-11-13-5-7-18-8-6-13)4-2-14(1)16-12-22-9-10-23-17(22)20-16/h1-8,11-12,21H,9-10H2/b19-11+. The fraction of sp³-hybridized carbons (Fsp3) is 0.118. The second-order valence-corrected chi connectivity index (χ2v) is 6.24. The summed E-state index contributed by atoms with van der Waals surface area (Å²) in [4.78, 5) is 8.64. The van der Waals surface area contributed by atoms with Crippen molar-refractivity contribution in [3.63, 3.8) is 0 Å². The van der Waals surface area contributed by atoms with E-state index >= 15 is 0 Å². The molecular formula is C17H15N5S. The Labute approximate surface area is 138 Å². The number of rotatable bonds is 4. The molecule has 2 aromatic heterocycles. The monoisotopic (exact) mass is 321 g/mol. The average Bonchev–Trinajstić information content (AvgIpc) is 3.18. The van der Waals surface area contributed by atoms with Gasteiger partial charge in [-0.2, -0.15) is 5.10 Å². The molecule has 4 rings (SSSR count). The van der Waals surface area contributed by atoms with Gasteiger partial charge >= 0.3 is 0 Å². The predicted molar refractivity (Wildman–Crippen MR) is 93.8 cm³/mol. The van der Waals surface area contributed by atoms with Gasteiger partial charge in [-0.15, -0.1) is 0 Å². The predicted octanol–water partition coefficient (Wildman–Crippen LogP) is 3.50. The molecule has 0 radical (unpaired) electrons. The first-order valence-corrected chi connectivity index (χ1v) is 8.36. The van der Waals surface area contributed by atoms with Gasteiger partial charge in [0.1, 0.15) is 0 Å². The molecule has 114 valence electrons. The van der Waals surface area contributed by atoms with Crippen molar-refractivity contribution in [3.8, 4) is 11.3 Å². The third-order valence-electron chi connectivity index (χ3n) is 3.60. The summed E-state index contributed by atoms with van der Waals surface area (Å²) in [5.74, 6) is 1.13.